The quantitative estimate of drug-likeness (QED) is 0.915. The summed E-state index contributed by atoms with van der Waals surface area (Å²) in [5.41, 5.74) is 3.64. The highest BCUT2D eigenvalue weighted by Gasteiger charge is 2.20. The van der Waals surface area contributed by atoms with Gasteiger partial charge in [-0.05, 0) is 43.7 Å². The van der Waals surface area contributed by atoms with Gasteiger partial charge in [-0.25, -0.2) is 4.98 Å². The summed E-state index contributed by atoms with van der Waals surface area (Å²) in [6.07, 6.45) is 6.32. The summed E-state index contributed by atoms with van der Waals surface area (Å²) in [7, 11) is 4.11. The van der Waals surface area contributed by atoms with Crippen molar-refractivity contribution in [3.05, 3.63) is 42.5 Å². The summed E-state index contributed by atoms with van der Waals surface area (Å²) in [5, 5.41) is 3.53. The Balaban J connectivity index is 1.91. The first-order valence-electron chi connectivity index (χ1n) is 6.79. The Morgan fingerprint density at radius 2 is 2.05 bits per heavy atom. The molecule has 1 unspecified atom stereocenters. The van der Waals surface area contributed by atoms with Gasteiger partial charge in [-0.2, -0.15) is 0 Å². The van der Waals surface area contributed by atoms with E-state index in [9.17, 15) is 0 Å². The number of imidazole rings is 1. The van der Waals surface area contributed by atoms with E-state index in [4.69, 9.17) is 0 Å². The normalized spacial score (nSPS) is 18.7. The van der Waals surface area contributed by atoms with E-state index in [0.717, 1.165) is 6.54 Å². The Bertz CT molecular complexity index is 536. The highest BCUT2D eigenvalue weighted by atomic mass is 15.1. The number of nitrogens with zero attached hydrogens (tertiary/aromatic N) is 3. The summed E-state index contributed by atoms with van der Waals surface area (Å²) in [5.74, 6) is 0. The van der Waals surface area contributed by atoms with Crippen LogP contribution in [0.2, 0.25) is 0 Å². The Labute approximate surface area is 114 Å². The topological polar surface area (TPSA) is 33.1 Å². The molecular formula is C15H20N4. The molecule has 4 nitrogen and oxygen atoms in total. The van der Waals surface area contributed by atoms with Crippen LogP contribution >= 0.6 is 0 Å². The summed E-state index contributed by atoms with van der Waals surface area (Å²) in [6, 6.07) is 9.02. The molecule has 0 saturated carbocycles. The SMILES string of the molecule is CN(C)c1ccc(-n2cncc2C2CCCN2)cc1. The predicted molar refractivity (Wildman–Crippen MR) is 77.9 cm³/mol. The molecular weight excluding hydrogens is 236 g/mol. The average Bonchev–Trinajstić information content (AvgIpc) is 3.09. The van der Waals surface area contributed by atoms with Crippen molar-refractivity contribution >= 4 is 5.69 Å². The fourth-order valence-electron chi connectivity index (χ4n) is 2.63. The minimum absolute atomic E-state index is 0.441. The fraction of sp³-hybridized carbons (Fsp3) is 0.400. The Hall–Kier alpha value is -1.81. The minimum atomic E-state index is 0.441. The fourth-order valence-corrected chi connectivity index (χ4v) is 2.63. The molecule has 0 bridgehead atoms. The van der Waals surface area contributed by atoms with Crippen LogP contribution in [0.4, 0.5) is 5.69 Å². The maximum Gasteiger partial charge on any atom is 0.0994 e. The van der Waals surface area contributed by atoms with Gasteiger partial charge in [-0.15, -0.1) is 0 Å². The van der Waals surface area contributed by atoms with E-state index in [1.807, 2.05) is 12.5 Å². The Kier molecular flexibility index (Phi) is 3.25. The van der Waals surface area contributed by atoms with Gasteiger partial charge < -0.3 is 14.8 Å². The van der Waals surface area contributed by atoms with Gasteiger partial charge in [-0.3, -0.25) is 0 Å². The molecule has 1 aliphatic rings. The standard InChI is InChI=1S/C15H20N4/c1-18(2)12-5-7-13(8-6-12)19-11-16-10-15(19)14-4-3-9-17-14/h5-8,10-11,14,17H,3-4,9H2,1-2H3. The predicted octanol–water partition coefficient (Wildman–Crippen LogP) is 2.36. The molecule has 1 aromatic carbocycles. The third-order valence-electron chi connectivity index (χ3n) is 3.73. The smallest absolute Gasteiger partial charge is 0.0994 e. The molecule has 3 rings (SSSR count). The number of aromatic nitrogens is 2. The van der Waals surface area contributed by atoms with Crippen molar-refractivity contribution < 1.29 is 0 Å². The molecule has 19 heavy (non-hydrogen) atoms. The van der Waals surface area contributed by atoms with E-state index in [0.29, 0.717) is 6.04 Å². The average molecular weight is 256 g/mol. The first-order chi connectivity index (χ1) is 9.25. The molecule has 1 aromatic heterocycles. The van der Waals surface area contributed by atoms with Crippen molar-refractivity contribution in [3.63, 3.8) is 0 Å². The van der Waals surface area contributed by atoms with Crippen LogP contribution in [-0.4, -0.2) is 30.2 Å². The first kappa shape index (κ1) is 12.2. The van der Waals surface area contributed by atoms with Crippen LogP contribution in [0.15, 0.2) is 36.8 Å². The lowest BCUT2D eigenvalue weighted by Crippen LogP contribution is -2.16. The number of hydrogen-bond donors (Lipinski definition) is 1. The maximum absolute atomic E-state index is 4.31. The van der Waals surface area contributed by atoms with Gasteiger partial charge in [0.2, 0.25) is 0 Å². The lowest BCUT2D eigenvalue weighted by Gasteiger charge is -2.16. The van der Waals surface area contributed by atoms with E-state index >= 15 is 0 Å². The van der Waals surface area contributed by atoms with Crippen LogP contribution in [0.3, 0.4) is 0 Å². The van der Waals surface area contributed by atoms with E-state index < -0.39 is 0 Å². The molecule has 2 heterocycles. The van der Waals surface area contributed by atoms with Crippen molar-refractivity contribution in [3.8, 4) is 5.69 Å². The molecule has 4 heteroatoms. The first-order valence-corrected chi connectivity index (χ1v) is 6.79. The molecule has 0 spiro atoms. The van der Waals surface area contributed by atoms with Gasteiger partial charge >= 0.3 is 0 Å². The van der Waals surface area contributed by atoms with Crippen molar-refractivity contribution in [1.82, 2.24) is 14.9 Å². The maximum atomic E-state index is 4.31. The molecule has 1 N–H and O–H groups in total. The summed E-state index contributed by atoms with van der Waals surface area (Å²) < 4.78 is 2.18. The zero-order valence-corrected chi connectivity index (χ0v) is 11.5. The molecule has 1 aliphatic heterocycles. The lowest BCUT2D eigenvalue weighted by molar-refractivity contribution is 0.615. The van der Waals surface area contributed by atoms with Gasteiger partial charge in [0.05, 0.1) is 18.2 Å². The van der Waals surface area contributed by atoms with Gasteiger partial charge in [-0.1, -0.05) is 0 Å². The Morgan fingerprint density at radius 3 is 2.68 bits per heavy atom. The van der Waals surface area contributed by atoms with Crippen molar-refractivity contribution in [1.29, 1.82) is 0 Å². The molecule has 100 valence electrons. The zero-order valence-electron chi connectivity index (χ0n) is 11.5. The molecule has 2 aromatic rings. The third kappa shape index (κ3) is 2.36. The van der Waals surface area contributed by atoms with Gasteiger partial charge in [0.25, 0.3) is 0 Å². The molecule has 0 amide bonds. The summed E-state index contributed by atoms with van der Waals surface area (Å²) in [4.78, 5) is 6.42. The van der Waals surface area contributed by atoms with E-state index in [-0.39, 0.29) is 0 Å². The molecule has 0 radical (unpaired) electrons. The van der Waals surface area contributed by atoms with E-state index in [1.54, 1.807) is 0 Å². The van der Waals surface area contributed by atoms with Crippen LogP contribution in [0.5, 0.6) is 0 Å². The van der Waals surface area contributed by atoms with Crippen molar-refractivity contribution in [2.45, 2.75) is 18.9 Å². The number of hydrogen-bond acceptors (Lipinski definition) is 3. The monoisotopic (exact) mass is 256 g/mol. The summed E-state index contributed by atoms with van der Waals surface area (Å²) >= 11 is 0. The second kappa shape index (κ2) is 5.05. The van der Waals surface area contributed by atoms with Crippen molar-refractivity contribution in [2.24, 2.45) is 0 Å². The second-order valence-corrected chi connectivity index (χ2v) is 5.25. The molecule has 1 saturated heterocycles. The van der Waals surface area contributed by atoms with Crippen LogP contribution in [0.1, 0.15) is 24.6 Å². The van der Waals surface area contributed by atoms with Crippen LogP contribution in [0.25, 0.3) is 5.69 Å². The van der Waals surface area contributed by atoms with Crippen LogP contribution < -0.4 is 10.2 Å². The summed E-state index contributed by atoms with van der Waals surface area (Å²) in [6.45, 7) is 1.11. The van der Waals surface area contributed by atoms with Crippen LogP contribution in [0, 0.1) is 0 Å². The van der Waals surface area contributed by atoms with Gasteiger partial charge in [0.1, 0.15) is 0 Å². The lowest BCUT2D eigenvalue weighted by atomic mass is 10.1. The van der Waals surface area contributed by atoms with Gasteiger partial charge in [0, 0.05) is 31.5 Å². The third-order valence-corrected chi connectivity index (χ3v) is 3.73. The largest absolute Gasteiger partial charge is 0.378 e. The van der Waals surface area contributed by atoms with Crippen LogP contribution in [-0.2, 0) is 0 Å². The minimum Gasteiger partial charge on any atom is -0.378 e. The Morgan fingerprint density at radius 1 is 1.26 bits per heavy atom. The molecule has 1 fully saturated rings. The van der Waals surface area contributed by atoms with E-state index in [2.05, 4.69) is 58.1 Å². The molecule has 1 atom stereocenters. The number of rotatable bonds is 3. The number of benzene rings is 1. The number of anilines is 1. The molecule has 0 aliphatic carbocycles. The number of nitrogens with one attached hydrogen (secondary N) is 1. The van der Waals surface area contributed by atoms with Gasteiger partial charge in [0.15, 0.2) is 0 Å². The second-order valence-electron chi connectivity index (χ2n) is 5.25. The van der Waals surface area contributed by atoms with Crippen molar-refractivity contribution in [2.75, 3.05) is 25.5 Å². The highest BCUT2D eigenvalue weighted by molar-refractivity contribution is 5.50. The zero-order chi connectivity index (χ0) is 13.2. The van der Waals surface area contributed by atoms with E-state index in [1.165, 1.54) is 29.9 Å². The highest BCUT2D eigenvalue weighted by Crippen LogP contribution is 2.25.